The fraction of sp³-hybridized carbons (Fsp3) is 0.333. The number of ether oxygens (including phenoxy) is 1. The number of hydrogen-bond acceptors (Lipinski definition) is 6. The number of carbonyl (C=O) groups excluding carboxylic acids is 1. The summed E-state index contributed by atoms with van der Waals surface area (Å²) in [7, 11) is 1.76. The van der Waals surface area contributed by atoms with Gasteiger partial charge in [0, 0.05) is 25.2 Å². The van der Waals surface area contributed by atoms with Crippen LogP contribution in [-0.4, -0.2) is 39.8 Å². The molecule has 0 spiro atoms. The molecule has 0 unspecified atom stereocenters. The number of pyridine rings is 1. The van der Waals surface area contributed by atoms with Gasteiger partial charge >= 0.3 is 0 Å². The maximum atomic E-state index is 14.4. The van der Waals surface area contributed by atoms with Gasteiger partial charge in [0.2, 0.25) is 17.8 Å². The van der Waals surface area contributed by atoms with Crippen LogP contribution in [-0.2, 0) is 7.05 Å². The first-order chi connectivity index (χ1) is 15.9. The molecule has 170 valence electrons. The highest BCUT2D eigenvalue weighted by Gasteiger charge is 2.28. The first kappa shape index (κ1) is 21.1. The maximum Gasteiger partial charge on any atom is 0.280 e. The lowest BCUT2D eigenvalue weighted by Gasteiger charge is -2.23. The Morgan fingerprint density at radius 1 is 1.24 bits per heavy atom. The van der Waals surface area contributed by atoms with Gasteiger partial charge in [0.1, 0.15) is 0 Å². The Kier molecular flexibility index (Phi) is 5.32. The summed E-state index contributed by atoms with van der Waals surface area (Å²) in [6.07, 6.45) is 3.32. The van der Waals surface area contributed by atoms with Crippen molar-refractivity contribution < 1.29 is 13.9 Å². The zero-order valence-corrected chi connectivity index (χ0v) is 18.8. The van der Waals surface area contributed by atoms with E-state index >= 15 is 0 Å². The molecular formula is C24H25FN6O2. The number of carbonyl (C=O) groups is 1. The van der Waals surface area contributed by atoms with Crippen molar-refractivity contribution in [2.75, 3.05) is 23.4 Å². The molecule has 8 nitrogen and oxygen atoms in total. The van der Waals surface area contributed by atoms with E-state index in [1.54, 1.807) is 17.9 Å². The molecule has 2 aliphatic heterocycles. The van der Waals surface area contributed by atoms with Gasteiger partial charge in [0.05, 0.1) is 35.4 Å². The number of fused-ring (bicyclic) bond motifs is 7. The number of hydrogen-bond donors (Lipinski definition) is 1. The average Bonchev–Trinajstić information content (AvgIpc) is 3.30. The number of nitrogens with zero attached hydrogens (tertiary/aromatic N) is 5. The molecule has 9 heteroatoms. The molecule has 1 aromatic carbocycles. The Morgan fingerprint density at radius 3 is 2.94 bits per heavy atom. The molecule has 1 amide bonds. The quantitative estimate of drug-likeness (QED) is 0.520. The minimum absolute atomic E-state index is 0.108. The van der Waals surface area contributed by atoms with Crippen LogP contribution in [0.1, 0.15) is 35.7 Å². The molecule has 3 aromatic rings. The molecule has 0 saturated carbocycles. The maximum absolute atomic E-state index is 14.4. The van der Waals surface area contributed by atoms with E-state index in [1.807, 2.05) is 24.0 Å². The van der Waals surface area contributed by atoms with Gasteiger partial charge < -0.3 is 15.0 Å². The van der Waals surface area contributed by atoms with E-state index in [0.717, 1.165) is 35.8 Å². The molecule has 33 heavy (non-hydrogen) atoms. The number of aryl methyl sites for hydroxylation is 2. The summed E-state index contributed by atoms with van der Waals surface area (Å²) in [4.78, 5) is 23.5. The molecule has 0 saturated heterocycles. The summed E-state index contributed by atoms with van der Waals surface area (Å²) in [6.45, 7) is 5.38. The standard InChI is InChI=1S/C24H25FN6O2/c1-14-6-7-18-20(9-14)31-13-15(2)5-4-8-33-23-17(12-26-30(23)3)19-10-16(11-21(25)27-19)22(32)29-24(31)28-18/h6-7,9-12,15H,4-5,8,13H2,1-3H3,(H,28,29,32)/t15-/m1/s1. The van der Waals surface area contributed by atoms with Crippen LogP contribution in [0.2, 0.25) is 0 Å². The summed E-state index contributed by atoms with van der Waals surface area (Å²) in [5.41, 5.74) is 3.91. The van der Waals surface area contributed by atoms with Crippen molar-refractivity contribution in [2.45, 2.75) is 26.7 Å². The van der Waals surface area contributed by atoms with Crippen LogP contribution >= 0.6 is 0 Å². The van der Waals surface area contributed by atoms with Crippen molar-refractivity contribution in [3.63, 3.8) is 0 Å². The fourth-order valence-electron chi connectivity index (χ4n) is 4.24. The van der Waals surface area contributed by atoms with E-state index < -0.39 is 11.9 Å². The first-order valence-corrected chi connectivity index (χ1v) is 11.0. The van der Waals surface area contributed by atoms with Crippen molar-refractivity contribution in [1.29, 1.82) is 0 Å². The van der Waals surface area contributed by atoms with E-state index in [1.165, 1.54) is 6.07 Å². The van der Waals surface area contributed by atoms with Gasteiger partial charge in [-0.1, -0.05) is 13.0 Å². The molecule has 0 fully saturated rings. The molecule has 0 radical (unpaired) electrons. The molecule has 2 bridgehead atoms. The first-order valence-electron chi connectivity index (χ1n) is 11.0. The molecular weight excluding hydrogens is 423 g/mol. The Labute approximate surface area is 191 Å². The van der Waals surface area contributed by atoms with Gasteiger partial charge in [-0.05, 0) is 49.4 Å². The summed E-state index contributed by atoms with van der Waals surface area (Å²) < 4.78 is 22.0. The Balaban J connectivity index is 1.60. The monoisotopic (exact) mass is 448 g/mol. The highest BCUT2D eigenvalue weighted by atomic mass is 19.1. The van der Waals surface area contributed by atoms with Crippen molar-refractivity contribution in [3.05, 3.63) is 53.6 Å². The van der Waals surface area contributed by atoms with Crippen LogP contribution < -0.4 is 15.0 Å². The van der Waals surface area contributed by atoms with E-state index in [4.69, 9.17) is 4.74 Å². The molecule has 5 rings (SSSR count). The lowest BCUT2D eigenvalue weighted by molar-refractivity contribution is 0.100. The lowest BCUT2D eigenvalue weighted by atomic mass is 10.0. The van der Waals surface area contributed by atoms with Crippen molar-refractivity contribution >= 4 is 23.2 Å². The number of aliphatic imine (C=N–C) groups is 1. The van der Waals surface area contributed by atoms with Crippen LogP contribution in [0.4, 0.5) is 15.8 Å². The zero-order chi connectivity index (χ0) is 23.1. The van der Waals surface area contributed by atoms with E-state index in [0.29, 0.717) is 36.5 Å². The van der Waals surface area contributed by atoms with E-state index in [2.05, 4.69) is 33.4 Å². The lowest BCUT2D eigenvalue weighted by Crippen LogP contribution is -2.35. The van der Waals surface area contributed by atoms with E-state index in [-0.39, 0.29) is 11.3 Å². The number of nitrogens with one attached hydrogen (secondary N) is 1. The third kappa shape index (κ3) is 4.06. The third-order valence-electron chi connectivity index (χ3n) is 5.93. The molecule has 0 aliphatic carbocycles. The minimum Gasteiger partial charge on any atom is -0.477 e. The largest absolute Gasteiger partial charge is 0.477 e. The normalized spacial score (nSPS) is 19.8. The van der Waals surface area contributed by atoms with E-state index in [9.17, 15) is 9.18 Å². The molecule has 2 aromatic heterocycles. The van der Waals surface area contributed by atoms with Gasteiger partial charge in [0.25, 0.3) is 5.91 Å². The second-order valence-corrected chi connectivity index (χ2v) is 8.64. The number of rotatable bonds is 0. The fourth-order valence-corrected chi connectivity index (χ4v) is 4.24. The SMILES string of the molecule is Cc1ccc2c(c1)N1C[C@H](C)CCCOc3c(cnn3C)-c3cc(cc(F)n3)C(=O)/N=C/1N2. The predicted octanol–water partition coefficient (Wildman–Crippen LogP) is 4.17. The van der Waals surface area contributed by atoms with Gasteiger partial charge in [0.15, 0.2) is 0 Å². The van der Waals surface area contributed by atoms with Gasteiger partial charge in [-0.25, -0.2) is 9.67 Å². The zero-order valence-electron chi connectivity index (χ0n) is 18.8. The smallest absolute Gasteiger partial charge is 0.280 e. The highest BCUT2D eigenvalue weighted by Crippen LogP contribution is 2.35. The Hall–Kier alpha value is -3.75. The topological polar surface area (TPSA) is 84.6 Å². The van der Waals surface area contributed by atoms with Gasteiger partial charge in [-0.15, -0.1) is 0 Å². The number of guanidine groups is 1. The van der Waals surface area contributed by atoms with Crippen LogP contribution in [0.5, 0.6) is 5.88 Å². The number of benzene rings is 1. The second-order valence-electron chi connectivity index (χ2n) is 8.64. The summed E-state index contributed by atoms with van der Waals surface area (Å²) in [5, 5.41) is 7.49. The van der Waals surface area contributed by atoms with Crippen molar-refractivity contribution in [3.8, 4) is 17.1 Å². The number of amides is 1. The highest BCUT2D eigenvalue weighted by molar-refractivity contribution is 6.19. The molecule has 1 atom stereocenters. The van der Waals surface area contributed by atoms with Crippen LogP contribution in [0.25, 0.3) is 11.3 Å². The molecule has 2 aliphatic rings. The van der Waals surface area contributed by atoms with Gasteiger partial charge in [-0.2, -0.15) is 14.5 Å². The molecule has 1 N–H and O–H groups in total. The second kappa shape index (κ2) is 8.31. The van der Waals surface area contributed by atoms with Crippen LogP contribution in [0, 0.1) is 18.8 Å². The predicted molar refractivity (Wildman–Crippen MR) is 124 cm³/mol. The average molecular weight is 449 g/mol. The Bertz CT molecular complexity index is 1270. The summed E-state index contributed by atoms with van der Waals surface area (Å²) >= 11 is 0. The third-order valence-corrected chi connectivity index (χ3v) is 5.93. The van der Waals surface area contributed by atoms with Crippen LogP contribution in [0.15, 0.2) is 41.5 Å². The van der Waals surface area contributed by atoms with Crippen LogP contribution in [0.3, 0.4) is 0 Å². The number of halogens is 1. The minimum atomic E-state index is -0.765. The summed E-state index contributed by atoms with van der Waals surface area (Å²) in [6, 6.07) is 8.70. The number of aromatic nitrogens is 3. The summed E-state index contributed by atoms with van der Waals surface area (Å²) in [5.74, 6) is -0.0627. The van der Waals surface area contributed by atoms with Crippen molar-refractivity contribution in [2.24, 2.45) is 18.0 Å². The Morgan fingerprint density at radius 2 is 2.09 bits per heavy atom. The van der Waals surface area contributed by atoms with Crippen molar-refractivity contribution in [1.82, 2.24) is 14.8 Å². The van der Waals surface area contributed by atoms with Gasteiger partial charge in [-0.3, -0.25) is 4.79 Å². The molecule has 4 heterocycles. The number of anilines is 2.